The van der Waals surface area contributed by atoms with Crippen LogP contribution >= 0.6 is 0 Å². The van der Waals surface area contributed by atoms with Crippen molar-refractivity contribution in [2.24, 2.45) is 0 Å². The number of amides is 2. The van der Waals surface area contributed by atoms with Crippen molar-refractivity contribution in [1.29, 1.82) is 0 Å². The molecule has 1 aliphatic rings. The number of nitrogens with one attached hydrogen (secondary N) is 1. The maximum absolute atomic E-state index is 12.6. The topological polar surface area (TPSA) is 82.9 Å². The molecule has 0 bridgehead atoms. The van der Waals surface area contributed by atoms with Crippen molar-refractivity contribution in [2.75, 3.05) is 31.1 Å². The summed E-state index contributed by atoms with van der Waals surface area (Å²) in [6.45, 7) is 5.78. The summed E-state index contributed by atoms with van der Waals surface area (Å²) < 4.78 is 5.04. The Morgan fingerprint density at radius 2 is 1.70 bits per heavy atom. The molecule has 1 aromatic heterocycles. The number of carbonyl (C=O) groups excluding carboxylic acids is 3. The van der Waals surface area contributed by atoms with Gasteiger partial charge in [0.05, 0.1) is 6.26 Å². The number of furan rings is 1. The van der Waals surface area contributed by atoms with E-state index in [4.69, 9.17) is 4.42 Å². The molecule has 1 aliphatic heterocycles. The van der Waals surface area contributed by atoms with E-state index in [0.29, 0.717) is 31.7 Å². The Balaban J connectivity index is 1.52. The van der Waals surface area contributed by atoms with E-state index < -0.39 is 11.9 Å². The highest BCUT2D eigenvalue weighted by Gasteiger charge is 2.26. The van der Waals surface area contributed by atoms with Gasteiger partial charge in [-0.05, 0) is 50.2 Å². The lowest BCUT2D eigenvalue weighted by Gasteiger charge is -2.37. The minimum atomic E-state index is -0.621. The number of rotatable bonds is 5. The van der Waals surface area contributed by atoms with Gasteiger partial charge in [0.2, 0.25) is 5.91 Å². The summed E-state index contributed by atoms with van der Waals surface area (Å²) in [6, 6.07) is 10.1. The summed E-state index contributed by atoms with van der Waals surface area (Å²) in [5.41, 5.74) is 1.72. The second-order valence-corrected chi connectivity index (χ2v) is 6.59. The maximum atomic E-state index is 12.6. The Morgan fingerprint density at radius 3 is 2.26 bits per heavy atom. The normalized spacial score (nSPS) is 15.3. The smallest absolute Gasteiger partial charge is 0.287 e. The average molecular weight is 369 g/mol. The van der Waals surface area contributed by atoms with Crippen molar-refractivity contribution in [2.45, 2.75) is 19.9 Å². The van der Waals surface area contributed by atoms with E-state index >= 15 is 0 Å². The van der Waals surface area contributed by atoms with Gasteiger partial charge in [0.25, 0.3) is 5.91 Å². The fourth-order valence-corrected chi connectivity index (χ4v) is 3.10. The molecule has 1 N–H and O–H groups in total. The van der Waals surface area contributed by atoms with E-state index in [-0.39, 0.29) is 17.5 Å². The van der Waals surface area contributed by atoms with Crippen LogP contribution in [0.1, 0.15) is 34.8 Å². The number of benzene rings is 1. The summed E-state index contributed by atoms with van der Waals surface area (Å²) in [4.78, 5) is 39.9. The third-order valence-electron chi connectivity index (χ3n) is 4.69. The number of anilines is 1. The minimum absolute atomic E-state index is 0.0440. The zero-order valence-electron chi connectivity index (χ0n) is 15.5. The van der Waals surface area contributed by atoms with Gasteiger partial charge in [0.15, 0.2) is 11.5 Å². The number of ketones is 1. The highest BCUT2D eigenvalue weighted by atomic mass is 16.3. The van der Waals surface area contributed by atoms with Gasteiger partial charge < -0.3 is 19.5 Å². The first kappa shape index (κ1) is 18.7. The van der Waals surface area contributed by atoms with Gasteiger partial charge in [0.1, 0.15) is 6.04 Å². The van der Waals surface area contributed by atoms with Crippen LogP contribution in [0.25, 0.3) is 0 Å². The molecule has 27 heavy (non-hydrogen) atoms. The van der Waals surface area contributed by atoms with E-state index in [9.17, 15) is 14.4 Å². The average Bonchev–Trinajstić information content (AvgIpc) is 3.22. The molecule has 0 aliphatic carbocycles. The number of nitrogens with zero attached hydrogens (tertiary/aromatic N) is 2. The molecule has 1 aromatic carbocycles. The van der Waals surface area contributed by atoms with Crippen molar-refractivity contribution in [3.05, 3.63) is 54.0 Å². The molecule has 7 heteroatoms. The van der Waals surface area contributed by atoms with Crippen molar-refractivity contribution >= 4 is 23.3 Å². The molecule has 142 valence electrons. The highest BCUT2D eigenvalue weighted by molar-refractivity contribution is 5.95. The van der Waals surface area contributed by atoms with Gasteiger partial charge in [-0.3, -0.25) is 14.4 Å². The second-order valence-electron chi connectivity index (χ2n) is 6.59. The standard InChI is InChI=1S/C20H23N3O4/c1-14(21-19(25)18-4-3-13-27-18)20(26)23-11-9-22(10-12-23)17-7-5-16(6-8-17)15(2)24/h3-8,13-14H,9-12H2,1-2H3,(H,21,25)/t14-/m0/s1. The van der Waals surface area contributed by atoms with Gasteiger partial charge in [0, 0.05) is 37.4 Å². The first-order chi connectivity index (χ1) is 13.0. The van der Waals surface area contributed by atoms with Gasteiger partial charge in [-0.25, -0.2) is 0 Å². The van der Waals surface area contributed by atoms with Crippen LogP contribution in [0.5, 0.6) is 0 Å². The lowest BCUT2D eigenvalue weighted by molar-refractivity contribution is -0.133. The second kappa shape index (κ2) is 8.07. The van der Waals surface area contributed by atoms with Crippen molar-refractivity contribution in [3.8, 4) is 0 Å². The molecule has 0 spiro atoms. The highest BCUT2D eigenvalue weighted by Crippen LogP contribution is 2.18. The summed E-state index contributed by atoms with van der Waals surface area (Å²) in [5, 5.41) is 2.67. The monoisotopic (exact) mass is 369 g/mol. The fourth-order valence-electron chi connectivity index (χ4n) is 3.10. The SMILES string of the molecule is CC(=O)c1ccc(N2CCN(C(=O)[C@H](C)NC(=O)c3ccco3)CC2)cc1. The van der Waals surface area contributed by atoms with E-state index in [1.165, 1.54) is 6.26 Å². The van der Waals surface area contributed by atoms with E-state index in [1.807, 2.05) is 24.3 Å². The molecule has 2 amide bonds. The predicted octanol–water partition coefficient (Wildman–Crippen LogP) is 1.95. The number of hydrogen-bond acceptors (Lipinski definition) is 5. The Labute approximate surface area is 157 Å². The largest absolute Gasteiger partial charge is 0.459 e. The molecule has 1 atom stereocenters. The minimum Gasteiger partial charge on any atom is -0.459 e. The first-order valence-electron chi connectivity index (χ1n) is 8.95. The lowest BCUT2D eigenvalue weighted by Crippen LogP contribution is -2.54. The van der Waals surface area contributed by atoms with Crippen molar-refractivity contribution in [1.82, 2.24) is 10.2 Å². The number of hydrogen-bond donors (Lipinski definition) is 1. The Morgan fingerprint density at radius 1 is 1.04 bits per heavy atom. The molecular weight excluding hydrogens is 346 g/mol. The first-order valence-corrected chi connectivity index (χ1v) is 8.95. The molecule has 0 radical (unpaired) electrons. The van der Waals surface area contributed by atoms with Crippen LogP contribution in [-0.4, -0.2) is 54.7 Å². The van der Waals surface area contributed by atoms with Crippen LogP contribution in [0, 0.1) is 0 Å². The maximum Gasteiger partial charge on any atom is 0.287 e. The van der Waals surface area contributed by atoms with E-state index in [1.54, 1.807) is 30.9 Å². The molecule has 2 heterocycles. The van der Waals surface area contributed by atoms with Crippen LogP contribution in [0.3, 0.4) is 0 Å². The lowest BCUT2D eigenvalue weighted by atomic mass is 10.1. The Bertz CT molecular complexity index is 806. The van der Waals surface area contributed by atoms with Crippen molar-refractivity contribution < 1.29 is 18.8 Å². The van der Waals surface area contributed by atoms with Gasteiger partial charge in [-0.2, -0.15) is 0 Å². The van der Waals surface area contributed by atoms with Crippen LogP contribution in [-0.2, 0) is 4.79 Å². The van der Waals surface area contributed by atoms with E-state index in [0.717, 1.165) is 5.69 Å². The predicted molar refractivity (Wildman–Crippen MR) is 101 cm³/mol. The molecule has 1 saturated heterocycles. The molecule has 2 aromatic rings. The van der Waals surface area contributed by atoms with Gasteiger partial charge >= 0.3 is 0 Å². The zero-order chi connectivity index (χ0) is 19.4. The number of piperazine rings is 1. The Kier molecular flexibility index (Phi) is 5.59. The Hall–Kier alpha value is -3.09. The summed E-state index contributed by atoms with van der Waals surface area (Å²) in [6.07, 6.45) is 1.42. The molecule has 3 rings (SSSR count). The zero-order valence-corrected chi connectivity index (χ0v) is 15.5. The van der Waals surface area contributed by atoms with Crippen LogP contribution < -0.4 is 10.2 Å². The molecule has 7 nitrogen and oxygen atoms in total. The van der Waals surface area contributed by atoms with Crippen molar-refractivity contribution in [3.63, 3.8) is 0 Å². The summed E-state index contributed by atoms with van der Waals surface area (Å²) >= 11 is 0. The van der Waals surface area contributed by atoms with E-state index in [2.05, 4.69) is 10.2 Å². The number of carbonyl (C=O) groups is 3. The summed E-state index contributed by atoms with van der Waals surface area (Å²) in [7, 11) is 0. The van der Waals surface area contributed by atoms with Gasteiger partial charge in [-0.15, -0.1) is 0 Å². The van der Waals surface area contributed by atoms with Crippen LogP contribution in [0.4, 0.5) is 5.69 Å². The van der Waals surface area contributed by atoms with Crippen LogP contribution in [0.15, 0.2) is 47.1 Å². The van der Waals surface area contributed by atoms with Gasteiger partial charge in [-0.1, -0.05) is 0 Å². The molecule has 0 unspecified atom stereocenters. The molecular formula is C20H23N3O4. The number of Topliss-reactive ketones (excluding diaryl/α,β-unsaturated/α-hetero) is 1. The summed E-state index contributed by atoms with van der Waals surface area (Å²) in [5.74, 6) is -0.275. The molecule has 1 fully saturated rings. The molecule has 0 saturated carbocycles. The quantitative estimate of drug-likeness (QED) is 0.815. The fraction of sp³-hybridized carbons (Fsp3) is 0.350. The third-order valence-corrected chi connectivity index (χ3v) is 4.69. The third kappa shape index (κ3) is 4.36. The van der Waals surface area contributed by atoms with Crippen LogP contribution in [0.2, 0.25) is 0 Å².